The molecule has 0 spiro atoms. The summed E-state index contributed by atoms with van der Waals surface area (Å²) < 4.78 is 34.0. The molecule has 2 aromatic rings. The minimum absolute atomic E-state index is 0.0986. The molecule has 140 valence electrons. The highest BCUT2D eigenvalue weighted by Crippen LogP contribution is 2.31. The molecule has 1 saturated heterocycles. The Morgan fingerprint density at radius 2 is 2.04 bits per heavy atom. The number of nitrogens with one attached hydrogen (secondary N) is 1. The topological polar surface area (TPSA) is 84.5 Å². The van der Waals surface area contributed by atoms with Crippen LogP contribution in [-0.4, -0.2) is 36.3 Å². The summed E-state index contributed by atoms with van der Waals surface area (Å²) in [6, 6.07) is 3.27. The smallest absolute Gasteiger partial charge is 0.268 e. The molecule has 0 saturated carbocycles. The Morgan fingerprint density at radius 1 is 1.27 bits per heavy atom. The molecular weight excluding hydrogens is 354 g/mol. The van der Waals surface area contributed by atoms with E-state index in [9.17, 15) is 13.2 Å². The number of carbonyl (C=O) groups is 1. The molecular formula is C18H23N3O4S. The van der Waals surface area contributed by atoms with Gasteiger partial charge in [-0.25, -0.2) is 8.42 Å². The molecule has 1 atom stereocenters. The van der Waals surface area contributed by atoms with Gasteiger partial charge in [0.1, 0.15) is 16.3 Å². The molecule has 1 N–H and O–H groups in total. The Morgan fingerprint density at radius 3 is 2.81 bits per heavy atom. The van der Waals surface area contributed by atoms with Crippen molar-refractivity contribution in [2.45, 2.75) is 43.0 Å². The maximum absolute atomic E-state index is 12.8. The van der Waals surface area contributed by atoms with Crippen LogP contribution in [0.2, 0.25) is 0 Å². The number of rotatable bonds is 4. The van der Waals surface area contributed by atoms with Crippen LogP contribution >= 0.6 is 0 Å². The molecule has 0 aromatic carbocycles. The van der Waals surface area contributed by atoms with Gasteiger partial charge in [0.05, 0.1) is 12.3 Å². The first-order valence-corrected chi connectivity index (χ1v) is 10.4. The minimum Gasteiger partial charge on any atom is -0.469 e. The first kappa shape index (κ1) is 17.4. The van der Waals surface area contributed by atoms with Crippen molar-refractivity contribution in [3.8, 4) is 0 Å². The molecule has 2 aliphatic rings. The van der Waals surface area contributed by atoms with E-state index in [0.29, 0.717) is 18.8 Å². The Labute approximate surface area is 153 Å². The highest BCUT2D eigenvalue weighted by molar-refractivity contribution is 7.89. The zero-order valence-electron chi connectivity index (χ0n) is 14.8. The Balaban J connectivity index is 1.55. The molecule has 2 aromatic heterocycles. The van der Waals surface area contributed by atoms with E-state index in [-0.39, 0.29) is 16.8 Å². The lowest BCUT2D eigenvalue weighted by Gasteiger charge is -2.22. The zero-order valence-corrected chi connectivity index (χ0v) is 15.6. The van der Waals surface area contributed by atoms with E-state index in [2.05, 4.69) is 5.32 Å². The van der Waals surface area contributed by atoms with E-state index in [0.717, 1.165) is 43.4 Å². The monoisotopic (exact) mass is 377 g/mol. The maximum atomic E-state index is 12.8. The van der Waals surface area contributed by atoms with Gasteiger partial charge in [-0.3, -0.25) is 4.79 Å². The van der Waals surface area contributed by atoms with Crippen molar-refractivity contribution < 1.29 is 17.6 Å². The summed E-state index contributed by atoms with van der Waals surface area (Å²) in [6.07, 6.45) is 7.62. The average Bonchev–Trinajstić information content (AvgIpc) is 3.35. The molecule has 1 aliphatic carbocycles. The molecule has 1 fully saturated rings. The fraction of sp³-hybridized carbons (Fsp3) is 0.500. The molecule has 8 heteroatoms. The molecule has 26 heavy (non-hydrogen) atoms. The van der Waals surface area contributed by atoms with Crippen molar-refractivity contribution in [3.63, 3.8) is 0 Å². The normalized spacial score (nSPS) is 20.9. The largest absolute Gasteiger partial charge is 0.469 e. The quantitative estimate of drug-likeness (QED) is 0.885. The number of amides is 1. The van der Waals surface area contributed by atoms with Crippen LogP contribution in [0.1, 0.15) is 53.5 Å². The third kappa shape index (κ3) is 2.97. The zero-order chi connectivity index (χ0) is 18.3. The standard InChI is InChI=1S/C18H23N3O4S/c1-20-12-13(26(23,24)21-8-2-3-9-21)11-16(20)18(22)19-15-5-4-6-17-14(15)7-10-25-17/h7,10-12,15H,2-6,8-9H2,1H3,(H,19,22). The fourth-order valence-corrected chi connectivity index (χ4v) is 5.44. The molecule has 7 nitrogen and oxygen atoms in total. The van der Waals surface area contributed by atoms with Gasteiger partial charge in [-0.1, -0.05) is 0 Å². The van der Waals surface area contributed by atoms with Crippen molar-refractivity contribution in [2.24, 2.45) is 7.05 Å². The summed E-state index contributed by atoms with van der Waals surface area (Å²) in [5, 5.41) is 3.02. The molecule has 3 heterocycles. The Kier molecular flexibility index (Phi) is 4.40. The number of aromatic nitrogens is 1. The second kappa shape index (κ2) is 6.59. The molecule has 0 radical (unpaired) electrons. The van der Waals surface area contributed by atoms with Crippen LogP contribution in [0.15, 0.2) is 33.9 Å². The van der Waals surface area contributed by atoms with Gasteiger partial charge in [-0.05, 0) is 37.8 Å². The second-order valence-corrected chi connectivity index (χ2v) is 8.94. The highest BCUT2D eigenvalue weighted by Gasteiger charge is 2.30. The first-order chi connectivity index (χ1) is 12.5. The number of carbonyl (C=O) groups excluding carboxylic acids is 1. The van der Waals surface area contributed by atoms with Crippen LogP contribution in [0.4, 0.5) is 0 Å². The third-order valence-corrected chi connectivity index (χ3v) is 7.14. The van der Waals surface area contributed by atoms with Crippen molar-refractivity contribution in [1.29, 1.82) is 0 Å². The van der Waals surface area contributed by atoms with Crippen LogP contribution in [0.25, 0.3) is 0 Å². The summed E-state index contributed by atoms with van der Waals surface area (Å²) in [5.41, 5.74) is 1.36. The number of hydrogen-bond donors (Lipinski definition) is 1. The molecule has 0 bridgehead atoms. The van der Waals surface area contributed by atoms with E-state index in [1.807, 2.05) is 6.07 Å². The average molecular weight is 377 g/mol. The number of aryl methyl sites for hydroxylation is 2. The van der Waals surface area contributed by atoms with Crippen LogP contribution in [0.3, 0.4) is 0 Å². The summed E-state index contributed by atoms with van der Waals surface area (Å²) in [7, 11) is -1.83. The summed E-state index contributed by atoms with van der Waals surface area (Å²) in [5.74, 6) is 0.653. The van der Waals surface area contributed by atoms with Gasteiger partial charge in [-0.2, -0.15) is 4.31 Å². The van der Waals surface area contributed by atoms with E-state index < -0.39 is 10.0 Å². The predicted molar refractivity (Wildman–Crippen MR) is 95.3 cm³/mol. The predicted octanol–water partition coefficient (Wildman–Crippen LogP) is 2.21. The van der Waals surface area contributed by atoms with Crippen LogP contribution in [0.5, 0.6) is 0 Å². The second-order valence-electron chi connectivity index (χ2n) is 7.00. The Bertz CT molecular complexity index is 922. The van der Waals surface area contributed by atoms with Gasteiger partial charge in [0.2, 0.25) is 10.0 Å². The van der Waals surface area contributed by atoms with E-state index >= 15 is 0 Å². The molecule has 1 unspecified atom stereocenters. The van der Waals surface area contributed by atoms with Crippen molar-refractivity contribution in [1.82, 2.24) is 14.2 Å². The summed E-state index contributed by atoms with van der Waals surface area (Å²) in [6.45, 7) is 1.09. The van der Waals surface area contributed by atoms with Gasteiger partial charge in [0.15, 0.2) is 0 Å². The third-order valence-electron chi connectivity index (χ3n) is 5.27. The molecule has 4 rings (SSSR count). The number of sulfonamides is 1. The summed E-state index contributed by atoms with van der Waals surface area (Å²) in [4.78, 5) is 12.9. The van der Waals surface area contributed by atoms with Gasteiger partial charge in [0, 0.05) is 38.3 Å². The number of hydrogen-bond acceptors (Lipinski definition) is 4. The number of furan rings is 1. The van der Waals surface area contributed by atoms with Crippen LogP contribution in [0, 0.1) is 0 Å². The van der Waals surface area contributed by atoms with Crippen molar-refractivity contribution >= 4 is 15.9 Å². The van der Waals surface area contributed by atoms with E-state index in [4.69, 9.17) is 4.42 Å². The van der Waals surface area contributed by atoms with Gasteiger partial charge >= 0.3 is 0 Å². The highest BCUT2D eigenvalue weighted by atomic mass is 32.2. The fourth-order valence-electron chi connectivity index (χ4n) is 3.85. The maximum Gasteiger partial charge on any atom is 0.268 e. The van der Waals surface area contributed by atoms with Crippen molar-refractivity contribution in [2.75, 3.05) is 13.1 Å². The lowest BCUT2D eigenvalue weighted by Crippen LogP contribution is -2.31. The first-order valence-electron chi connectivity index (χ1n) is 9.00. The van der Waals surface area contributed by atoms with Crippen molar-refractivity contribution in [3.05, 3.63) is 41.6 Å². The number of nitrogens with zero attached hydrogens (tertiary/aromatic N) is 2. The lowest BCUT2D eigenvalue weighted by molar-refractivity contribution is 0.0924. The van der Waals surface area contributed by atoms with E-state index in [1.54, 1.807) is 17.9 Å². The van der Waals surface area contributed by atoms with Gasteiger partial charge in [-0.15, -0.1) is 0 Å². The van der Waals surface area contributed by atoms with Gasteiger partial charge < -0.3 is 14.3 Å². The number of fused-ring (bicyclic) bond motifs is 1. The van der Waals surface area contributed by atoms with Crippen LogP contribution in [-0.2, 0) is 23.5 Å². The molecule has 1 aliphatic heterocycles. The minimum atomic E-state index is -3.53. The Hall–Kier alpha value is -2.06. The van der Waals surface area contributed by atoms with Crippen LogP contribution < -0.4 is 5.32 Å². The lowest BCUT2D eigenvalue weighted by atomic mass is 9.93. The van der Waals surface area contributed by atoms with E-state index in [1.165, 1.54) is 16.6 Å². The van der Waals surface area contributed by atoms with Gasteiger partial charge in [0.25, 0.3) is 5.91 Å². The SMILES string of the molecule is Cn1cc(S(=O)(=O)N2CCCC2)cc1C(=O)NC1CCCc2occc21. The molecule has 1 amide bonds. The summed E-state index contributed by atoms with van der Waals surface area (Å²) >= 11 is 0.